The molecule has 1 aliphatic carbocycles. The first kappa shape index (κ1) is 9.47. The molecule has 3 heteroatoms. The molecule has 0 N–H and O–H groups in total. The Morgan fingerprint density at radius 2 is 2.00 bits per heavy atom. The summed E-state index contributed by atoms with van der Waals surface area (Å²) in [7, 11) is 12.6. The van der Waals surface area contributed by atoms with E-state index < -0.39 is 16.1 Å². The van der Waals surface area contributed by atoms with Gasteiger partial charge in [-0.15, -0.1) is 0 Å². The Bertz CT molecular complexity index is 110. The molecule has 1 fully saturated rings. The van der Waals surface area contributed by atoms with Gasteiger partial charge in [-0.25, -0.2) is 0 Å². The van der Waals surface area contributed by atoms with Gasteiger partial charge in [0.2, 0.25) is 0 Å². The van der Waals surface area contributed by atoms with Crippen LogP contribution >= 0.6 is 17.8 Å². The zero-order chi connectivity index (χ0) is 7.61. The minimum absolute atomic E-state index is 0.809. The fraction of sp³-hybridized carbons (Fsp3) is 1.00. The second-order valence-corrected chi connectivity index (χ2v) is 21.6. The fourth-order valence-corrected chi connectivity index (χ4v) is 12.2. The quantitative estimate of drug-likeness (QED) is 0.689. The molecule has 1 rings (SSSR count). The third kappa shape index (κ3) is 2.78. The van der Waals surface area contributed by atoms with Gasteiger partial charge < -0.3 is 0 Å². The van der Waals surface area contributed by atoms with Crippen LogP contribution in [0.15, 0.2) is 0 Å². The van der Waals surface area contributed by atoms with E-state index in [0.29, 0.717) is 0 Å². The van der Waals surface area contributed by atoms with Crippen molar-refractivity contribution in [3.63, 3.8) is 0 Å². The molecule has 0 radical (unpaired) electrons. The van der Waals surface area contributed by atoms with Gasteiger partial charge in [-0.3, -0.25) is 0 Å². The summed E-state index contributed by atoms with van der Waals surface area (Å²) >= 11 is -2.44. The van der Waals surface area contributed by atoms with Crippen LogP contribution < -0.4 is 0 Å². The molecule has 0 amide bonds. The van der Waals surface area contributed by atoms with Crippen LogP contribution in [0.5, 0.6) is 0 Å². The van der Waals surface area contributed by atoms with Crippen molar-refractivity contribution in [1.82, 2.24) is 0 Å². The Hall–Kier alpha value is 1.38. The van der Waals surface area contributed by atoms with Gasteiger partial charge in [0.25, 0.3) is 0 Å². The molecule has 1 saturated carbocycles. The molecule has 0 aliphatic heterocycles. The molecule has 0 heterocycles. The van der Waals surface area contributed by atoms with Gasteiger partial charge in [0.05, 0.1) is 0 Å². The van der Waals surface area contributed by atoms with E-state index in [9.17, 15) is 0 Å². The Morgan fingerprint density at radius 1 is 1.40 bits per heavy atom. The van der Waals surface area contributed by atoms with Crippen molar-refractivity contribution in [1.29, 1.82) is 0 Å². The maximum atomic E-state index is 6.29. The van der Waals surface area contributed by atoms with Crippen molar-refractivity contribution in [3.05, 3.63) is 0 Å². The summed E-state index contributed by atoms with van der Waals surface area (Å²) < 4.78 is 1.99. The van der Waals surface area contributed by atoms with Crippen LogP contribution in [0, 0.1) is 0 Å². The van der Waals surface area contributed by atoms with E-state index in [1.165, 1.54) is 30.1 Å². The van der Waals surface area contributed by atoms with Crippen LogP contribution in [-0.4, -0.2) is 16.1 Å². The maximum absolute atomic E-state index is 6.29. The summed E-state index contributed by atoms with van der Waals surface area (Å²) in [5.74, 6) is 0. The second kappa shape index (κ2) is 3.86. The third-order valence-corrected chi connectivity index (χ3v) is 16.7. The molecule has 10 heavy (non-hydrogen) atoms. The summed E-state index contributed by atoms with van der Waals surface area (Å²) in [6.07, 6.45) is 5.14. The van der Waals surface area contributed by atoms with Crippen LogP contribution in [-0.2, 0) is 0 Å². The summed E-state index contributed by atoms with van der Waals surface area (Å²) in [4.78, 5) is 0. The van der Waals surface area contributed by atoms with Gasteiger partial charge in [0.15, 0.2) is 0 Å². The normalized spacial score (nSPS) is 19.5. The molecular weight excluding hydrogens is 274 g/mol. The van der Waals surface area contributed by atoms with E-state index in [-0.39, 0.29) is 0 Å². The van der Waals surface area contributed by atoms with Crippen molar-refractivity contribution in [2.75, 3.05) is 0 Å². The number of hydrogen-bond acceptors (Lipinski definition) is 0. The first-order valence-electron chi connectivity index (χ1n) is 4.04. The molecule has 0 spiro atoms. The van der Waals surface area contributed by atoms with E-state index in [4.69, 9.17) is 17.8 Å². The second-order valence-electron chi connectivity index (χ2n) is 3.14. The van der Waals surface area contributed by atoms with E-state index in [2.05, 4.69) is 6.92 Å². The monoisotopic (exact) mass is 288 g/mol. The average molecular weight is 288 g/mol. The van der Waals surface area contributed by atoms with E-state index >= 15 is 0 Å². The number of hydrogen-bond donors (Lipinski definition) is 0. The van der Waals surface area contributed by atoms with Crippen LogP contribution in [0.1, 0.15) is 32.6 Å². The Balaban J connectivity index is 2.20. The van der Waals surface area contributed by atoms with Crippen molar-refractivity contribution < 1.29 is 0 Å². The Morgan fingerprint density at radius 3 is 2.40 bits per heavy atom. The van der Waals surface area contributed by atoms with Gasteiger partial charge in [-0.2, -0.15) is 0 Å². The van der Waals surface area contributed by atoms with Crippen LogP contribution in [0.3, 0.4) is 0 Å². The van der Waals surface area contributed by atoms with E-state index in [1.807, 2.05) is 0 Å². The number of halogens is 2. The van der Waals surface area contributed by atoms with Crippen molar-refractivity contribution in [3.8, 4) is 0 Å². The average Bonchev–Trinajstić information content (AvgIpc) is 2.64. The zero-order valence-corrected chi connectivity index (χ0v) is 10.7. The van der Waals surface area contributed by atoms with Crippen molar-refractivity contribution >= 4 is 34.0 Å². The summed E-state index contributed by atoms with van der Waals surface area (Å²) in [6.45, 7) is 2.20. The van der Waals surface area contributed by atoms with Gasteiger partial charge >= 0.3 is 74.9 Å². The summed E-state index contributed by atoms with van der Waals surface area (Å²) in [6, 6.07) is 0. The molecular formula is C7H14Cl2Sn. The first-order chi connectivity index (χ1) is 4.67. The van der Waals surface area contributed by atoms with Crippen molar-refractivity contribution in [2.45, 2.75) is 41.0 Å². The molecule has 60 valence electrons. The topological polar surface area (TPSA) is 0 Å². The predicted molar refractivity (Wildman–Crippen MR) is 50.2 cm³/mol. The van der Waals surface area contributed by atoms with Crippen LogP contribution in [0.4, 0.5) is 0 Å². The predicted octanol–water partition coefficient (Wildman–Crippen LogP) is 3.87. The SMILES string of the molecule is CCC[CH2][Sn]([Cl])([Cl])[CH]1CC1. The number of rotatable bonds is 4. The molecule has 1 aliphatic rings. The molecule has 0 nitrogen and oxygen atoms in total. The van der Waals surface area contributed by atoms with Gasteiger partial charge in [-0.1, -0.05) is 0 Å². The molecule has 0 unspecified atom stereocenters. The first-order valence-corrected chi connectivity index (χ1v) is 14.9. The molecule has 0 bridgehead atoms. The third-order valence-electron chi connectivity index (χ3n) is 2.04. The molecule has 0 saturated heterocycles. The molecule has 0 aromatic heterocycles. The van der Waals surface area contributed by atoms with Crippen LogP contribution in [0.25, 0.3) is 0 Å². The van der Waals surface area contributed by atoms with E-state index in [1.54, 1.807) is 0 Å². The fourth-order valence-electron chi connectivity index (χ4n) is 1.12. The standard InChI is InChI=1S/C4H9.C3H5.2ClH.Sn/c1-3-4-2;1-2-3-1;;;/h1,3-4H2,2H3;1H,2-3H2;2*1H;/q;;;;+2/p-2. The van der Waals surface area contributed by atoms with Gasteiger partial charge in [0.1, 0.15) is 0 Å². The van der Waals surface area contributed by atoms with Gasteiger partial charge in [-0.05, 0) is 0 Å². The summed E-state index contributed by atoms with van der Waals surface area (Å²) in [5.41, 5.74) is 0. The van der Waals surface area contributed by atoms with Crippen LogP contribution in [0.2, 0.25) is 8.37 Å². The molecule has 0 aromatic carbocycles. The Labute approximate surface area is 74.6 Å². The van der Waals surface area contributed by atoms with Crippen molar-refractivity contribution in [2.24, 2.45) is 0 Å². The zero-order valence-electron chi connectivity index (χ0n) is 6.37. The summed E-state index contributed by atoms with van der Waals surface area (Å²) in [5, 5.41) is 0. The molecule has 0 atom stereocenters. The minimum atomic E-state index is -2.44. The van der Waals surface area contributed by atoms with E-state index in [0.717, 1.165) is 3.93 Å². The number of unbranched alkanes of at least 4 members (excludes halogenated alkanes) is 1. The molecule has 0 aromatic rings. The Kier molecular flexibility index (Phi) is 3.65. The van der Waals surface area contributed by atoms with Gasteiger partial charge in [0, 0.05) is 0 Å².